The van der Waals surface area contributed by atoms with Gasteiger partial charge >= 0.3 is 0 Å². The summed E-state index contributed by atoms with van der Waals surface area (Å²) in [5.74, 6) is 4.37. The summed E-state index contributed by atoms with van der Waals surface area (Å²) >= 11 is 2.05. The SMILES string of the molecule is CCSCCC(C)C(C)C. The minimum Gasteiger partial charge on any atom is -0.162 e. The van der Waals surface area contributed by atoms with E-state index in [0.29, 0.717) is 0 Å². The minimum atomic E-state index is 0.859. The molecule has 0 fully saturated rings. The molecule has 0 rings (SSSR count). The van der Waals surface area contributed by atoms with Crippen LogP contribution in [0.5, 0.6) is 0 Å². The van der Waals surface area contributed by atoms with Gasteiger partial charge in [-0.2, -0.15) is 11.8 Å². The highest BCUT2D eigenvalue weighted by Crippen LogP contribution is 2.16. The van der Waals surface area contributed by atoms with E-state index in [2.05, 4.69) is 39.5 Å². The zero-order valence-electron chi connectivity index (χ0n) is 7.68. The molecule has 0 aliphatic rings. The van der Waals surface area contributed by atoms with Gasteiger partial charge in [-0.15, -0.1) is 0 Å². The normalized spacial score (nSPS) is 14.1. The zero-order chi connectivity index (χ0) is 7.98. The molecule has 62 valence electrons. The van der Waals surface area contributed by atoms with Gasteiger partial charge in [0.05, 0.1) is 0 Å². The van der Waals surface area contributed by atoms with Crippen molar-refractivity contribution in [2.75, 3.05) is 11.5 Å². The first-order valence-corrected chi connectivity index (χ1v) is 5.41. The van der Waals surface area contributed by atoms with Crippen LogP contribution < -0.4 is 0 Å². The van der Waals surface area contributed by atoms with Gasteiger partial charge < -0.3 is 0 Å². The average Bonchev–Trinajstić information content (AvgIpc) is 1.88. The van der Waals surface area contributed by atoms with E-state index in [-0.39, 0.29) is 0 Å². The second kappa shape index (κ2) is 6.09. The second-order valence-corrected chi connectivity index (χ2v) is 4.60. The monoisotopic (exact) mass is 160 g/mol. The molecule has 1 unspecified atom stereocenters. The maximum absolute atomic E-state index is 2.35. The highest BCUT2D eigenvalue weighted by atomic mass is 32.2. The fraction of sp³-hybridized carbons (Fsp3) is 1.00. The molecule has 0 bridgehead atoms. The molecule has 1 atom stereocenters. The minimum absolute atomic E-state index is 0.859. The maximum atomic E-state index is 2.35. The van der Waals surface area contributed by atoms with Crippen LogP contribution in [0.4, 0.5) is 0 Å². The summed E-state index contributed by atoms with van der Waals surface area (Å²) in [5, 5.41) is 0. The van der Waals surface area contributed by atoms with Gasteiger partial charge in [-0.3, -0.25) is 0 Å². The molecule has 10 heavy (non-hydrogen) atoms. The number of hydrogen-bond donors (Lipinski definition) is 0. The summed E-state index contributed by atoms with van der Waals surface area (Å²) in [6, 6.07) is 0. The van der Waals surface area contributed by atoms with Gasteiger partial charge in [-0.25, -0.2) is 0 Å². The van der Waals surface area contributed by atoms with E-state index in [1.165, 1.54) is 17.9 Å². The lowest BCUT2D eigenvalue weighted by molar-refractivity contribution is 0.410. The molecular formula is C9H20S. The first kappa shape index (κ1) is 10.3. The highest BCUT2D eigenvalue weighted by Gasteiger charge is 2.05. The van der Waals surface area contributed by atoms with Gasteiger partial charge in [-0.1, -0.05) is 27.7 Å². The molecule has 0 saturated carbocycles. The van der Waals surface area contributed by atoms with E-state index in [4.69, 9.17) is 0 Å². The third kappa shape index (κ3) is 5.16. The average molecular weight is 160 g/mol. The smallest absolute Gasteiger partial charge is 0.00650 e. The Morgan fingerprint density at radius 2 is 1.80 bits per heavy atom. The van der Waals surface area contributed by atoms with E-state index in [1.54, 1.807) is 0 Å². The predicted molar refractivity (Wildman–Crippen MR) is 51.6 cm³/mol. The molecule has 0 aromatic rings. The summed E-state index contributed by atoms with van der Waals surface area (Å²) in [5.41, 5.74) is 0. The number of rotatable bonds is 5. The first-order chi connectivity index (χ1) is 4.68. The van der Waals surface area contributed by atoms with Crippen molar-refractivity contribution in [3.05, 3.63) is 0 Å². The Kier molecular flexibility index (Phi) is 6.30. The molecule has 0 spiro atoms. The van der Waals surface area contributed by atoms with Crippen molar-refractivity contribution in [2.45, 2.75) is 34.1 Å². The van der Waals surface area contributed by atoms with Crippen LogP contribution in [0.2, 0.25) is 0 Å². The second-order valence-electron chi connectivity index (χ2n) is 3.21. The number of hydrogen-bond acceptors (Lipinski definition) is 1. The molecule has 0 amide bonds. The van der Waals surface area contributed by atoms with Gasteiger partial charge in [0.15, 0.2) is 0 Å². The summed E-state index contributed by atoms with van der Waals surface area (Å²) in [6.07, 6.45) is 1.39. The van der Waals surface area contributed by atoms with Gasteiger partial charge in [0.2, 0.25) is 0 Å². The Hall–Kier alpha value is 0.350. The van der Waals surface area contributed by atoms with E-state index in [9.17, 15) is 0 Å². The molecule has 1 heteroatoms. The maximum Gasteiger partial charge on any atom is -0.00650 e. The Labute approximate surface area is 69.8 Å². The molecule has 0 heterocycles. The fourth-order valence-electron chi connectivity index (χ4n) is 0.747. The van der Waals surface area contributed by atoms with E-state index < -0.39 is 0 Å². The third-order valence-corrected chi connectivity index (χ3v) is 2.99. The van der Waals surface area contributed by atoms with Crippen molar-refractivity contribution in [2.24, 2.45) is 11.8 Å². The quantitative estimate of drug-likeness (QED) is 0.555. The molecule has 0 saturated heterocycles. The molecule has 0 aromatic heterocycles. The standard InChI is InChI=1S/C9H20S/c1-5-10-7-6-9(4)8(2)3/h8-9H,5-7H2,1-4H3. The summed E-state index contributed by atoms with van der Waals surface area (Å²) in [4.78, 5) is 0. The van der Waals surface area contributed by atoms with Crippen LogP contribution in [-0.2, 0) is 0 Å². The zero-order valence-corrected chi connectivity index (χ0v) is 8.50. The van der Waals surface area contributed by atoms with Crippen LogP contribution in [-0.4, -0.2) is 11.5 Å². The molecule has 0 radical (unpaired) electrons. The molecule has 0 N–H and O–H groups in total. The Morgan fingerprint density at radius 1 is 1.20 bits per heavy atom. The lowest BCUT2D eigenvalue weighted by Gasteiger charge is -2.13. The van der Waals surface area contributed by atoms with Crippen molar-refractivity contribution in [1.82, 2.24) is 0 Å². The van der Waals surface area contributed by atoms with Crippen molar-refractivity contribution in [1.29, 1.82) is 0 Å². The van der Waals surface area contributed by atoms with E-state index in [0.717, 1.165) is 11.8 Å². The van der Waals surface area contributed by atoms with E-state index >= 15 is 0 Å². The lowest BCUT2D eigenvalue weighted by atomic mass is 9.96. The van der Waals surface area contributed by atoms with Crippen LogP contribution >= 0.6 is 11.8 Å². The Morgan fingerprint density at radius 3 is 2.20 bits per heavy atom. The molecule has 0 nitrogen and oxygen atoms in total. The van der Waals surface area contributed by atoms with Gasteiger partial charge in [0.25, 0.3) is 0 Å². The van der Waals surface area contributed by atoms with Crippen LogP contribution in [0.1, 0.15) is 34.1 Å². The van der Waals surface area contributed by atoms with Crippen molar-refractivity contribution in [3.8, 4) is 0 Å². The topological polar surface area (TPSA) is 0 Å². The van der Waals surface area contributed by atoms with Crippen molar-refractivity contribution in [3.63, 3.8) is 0 Å². The summed E-state index contributed by atoms with van der Waals surface area (Å²) < 4.78 is 0. The molecule has 0 aliphatic heterocycles. The Bertz CT molecular complexity index is 69.1. The number of thioether (sulfide) groups is 1. The Balaban J connectivity index is 3.13. The summed E-state index contributed by atoms with van der Waals surface area (Å²) in [6.45, 7) is 9.19. The fourth-order valence-corrected chi connectivity index (χ4v) is 1.57. The van der Waals surface area contributed by atoms with Gasteiger partial charge in [0.1, 0.15) is 0 Å². The third-order valence-electron chi connectivity index (χ3n) is 2.06. The summed E-state index contributed by atoms with van der Waals surface area (Å²) in [7, 11) is 0. The molecular weight excluding hydrogens is 140 g/mol. The molecule has 0 aliphatic carbocycles. The van der Waals surface area contributed by atoms with Crippen LogP contribution in [0.3, 0.4) is 0 Å². The van der Waals surface area contributed by atoms with Crippen LogP contribution in [0.25, 0.3) is 0 Å². The van der Waals surface area contributed by atoms with Crippen molar-refractivity contribution < 1.29 is 0 Å². The largest absolute Gasteiger partial charge is 0.162 e. The van der Waals surface area contributed by atoms with Gasteiger partial charge in [-0.05, 0) is 29.8 Å². The van der Waals surface area contributed by atoms with Crippen LogP contribution in [0.15, 0.2) is 0 Å². The lowest BCUT2D eigenvalue weighted by Crippen LogP contribution is -2.04. The van der Waals surface area contributed by atoms with Crippen molar-refractivity contribution >= 4 is 11.8 Å². The van der Waals surface area contributed by atoms with E-state index in [1.807, 2.05) is 0 Å². The van der Waals surface area contributed by atoms with Gasteiger partial charge in [0, 0.05) is 0 Å². The first-order valence-electron chi connectivity index (χ1n) is 4.26. The molecule has 0 aromatic carbocycles. The van der Waals surface area contributed by atoms with Crippen LogP contribution in [0, 0.1) is 11.8 Å². The highest BCUT2D eigenvalue weighted by molar-refractivity contribution is 7.99. The predicted octanol–water partition coefficient (Wildman–Crippen LogP) is 3.42.